The number of hydrogen-bond donors (Lipinski definition) is 3. The van der Waals surface area contributed by atoms with Crippen LogP contribution in [0.1, 0.15) is 271 Å². The molecule has 0 radical (unpaired) electrons. The SMILES string of the molecule is CCCCCCCCCCCCCCC(=O)OCCCCCC/C=C\CCCCCCCCCC(=O)NC(CO)C(O)CCCCCCCCCCCCCC. The molecule has 0 aromatic rings. The van der Waals surface area contributed by atoms with E-state index < -0.39 is 12.1 Å². The van der Waals surface area contributed by atoms with E-state index in [0.29, 0.717) is 25.9 Å². The molecule has 1 amide bonds. The molecule has 2 unspecified atom stereocenters. The van der Waals surface area contributed by atoms with Crippen LogP contribution in [0.3, 0.4) is 0 Å². The van der Waals surface area contributed by atoms with E-state index in [-0.39, 0.29) is 18.5 Å². The molecule has 0 heterocycles. The Balaban J connectivity index is 3.47. The zero-order chi connectivity index (χ0) is 40.8. The van der Waals surface area contributed by atoms with Gasteiger partial charge in [0, 0.05) is 12.8 Å². The highest BCUT2D eigenvalue weighted by molar-refractivity contribution is 5.76. The number of esters is 1. The van der Waals surface area contributed by atoms with Crippen LogP contribution in [0.2, 0.25) is 0 Å². The van der Waals surface area contributed by atoms with Crippen molar-refractivity contribution in [3.8, 4) is 0 Å². The average molecular weight is 792 g/mol. The Morgan fingerprint density at radius 2 is 0.839 bits per heavy atom. The summed E-state index contributed by atoms with van der Waals surface area (Å²) in [7, 11) is 0. The third kappa shape index (κ3) is 42.2. The number of unbranched alkanes of at least 4 members (excludes halogenated alkanes) is 33. The molecule has 3 N–H and O–H groups in total. The van der Waals surface area contributed by atoms with Crippen molar-refractivity contribution in [2.75, 3.05) is 13.2 Å². The number of hydrogen-bond acceptors (Lipinski definition) is 5. The minimum absolute atomic E-state index is 0.00949. The smallest absolute Gasteiger partial charge is 0.305 e. The summed E-state index contributed by atoms with van der Waals surface area (Å²) in [6.45, 7) is 4.91. The summed E-state index contributed by atoms with van der Waals surface area (Å²) < 4.78 is 5.44. The van der Waals surface area contributed by atoms with Crippen LogP contribution in [0, 0.1) is 0 Å². The number of nitrogens with one attached hydrogen (secondary N) is 1. The van der Waals surface area contributed by atoms with Crippen molar-refractivity contribution in [2.45, 2.75) is 283 Å². The average Bonchev–Trinajstić information content (AvgIpc) is 3.20. The molecule has 0 aliphatic rings. The van der Waals surface area contributed by atoms with Crippen molar-refractivity contribution in [2.24, 2.45) is 0 Å². The second kappa shape index (κ2) is 46.3. The molecule has 0 saturated heterocycles. The summed E-state index contributed by atoms with van der Waals surface area (Å²) in [5, 5.41) is 23.1. The fourth-order valence-corrected chi connectivity index (χ4v) is 7.69. The summed E-state index contributed by atoms with van der Waals surface area (Å²) in [5.74, 6) is -0.0600. The quantitative estimate of drug-likeness (QED) is 0.0324. The molecule has 0 aliphatic heterocycles. The molecule has 0 saturated carbocycles. The van der Waals surface area contributed by atoms with E-state index in [4.69, 9.17) is 4.74 Å². The number of rotatable bonds is 46. The molecule has 6 heteroatoms. The predicted molar refractivity (Wildman–Crippen MR) is 241 cm³/mol. The lowest BCUT2D eigenvalue weighted by atomic mass is 10.0. The van der Waals surface area contributed by atoms with Gasteiger partial charge in [-0.05, 0) is 51.4 Å². The van der Waals surface area contributed by atoms with Crippen molar-refractivity contribution >= 4 is 11.9 Å². The monoisotopic (exact) mass is 792 g/mol. The topological polar surface area (TPSA) is 95.9 Å². The molecule has 0 rings (SSSR count). The van der Waals surface area contributed by atoms with Crippen LogP contribution in [-0.2, 0) is 14.3 Å². The highest BCUT2D eigenvalue weighted by Crippen LogP contribution is 2.16. The summed E-state index contributed by atoms with van der Waals surface area (Å²) in [6, 6.07) is -0.550. The van der Waals surface area contributed by atoms with Gasteiger partial charge in [-0.25, -0.2) is 0 Å². The maximum Gasteiger partial charge on any atom is 0.305 e. The van der Waals surface area contributed by atoms with Crippen molar-refractivity contribution in [1.82, 2.24) is 5.32 Å². The number of carbonyl (C=O) groups excluding carboxylic acids is 2. The van der Waals surface area contributed by atoms with Gasteiger partial charge in [0.25, 0.3) is 0 Å². The van der Waals surface area contributed by atoms with Crippen LogP contribution in [0.5, 0.6) is 0 Å². The number of allylic oxidation sites excluding steroid dienone is 2. The molecular weight excluding hydrogens is 695 g/mol. The Morgan fingerprint density at radius 1 is 0.482 bits per heavy atom. The van der Waals surface area contributed by atoms with Crippen molar-refractivity contribution in [1.29, 1.82) is 0 Å². The van der Waals surface area contributed by atoms with Gasteiger partial charge in [0.05, 0.1) is 25.4 Å². The van der Waals surface area contributed by atoms with Gasteiger partial charge >= 0.3 is 5.97 Å². The van der Waals surface area contributed by atoms with Crippen LogP contribution >= 0.6 is 0 Å². The molecule has 6 nitrogen and oxygen atoms in total. The molecule has 0 aromatic carbocycles. The second-order valence-electron chi connectivity index (χ2n) is 17.1. The van der Waals surface area contributed by atoms with Gasteiger partial charge in [-0.3, -0.25) is 9.59 Å². The third-order valence-electron chi connectivity index (χ3n) is 11.6. The van der Waals surface area contributed by atoms with Gasteiger partial charge in [-0.15, -0.1) is 0 Å². The third-order valence-corrected chi connectivity index (χ3v) is 11.6. The molecule has 0 spiro atoms. The zero-order valence-corrected chi connectivity index (χ0v) is 37.6. The zero-order valence-electron chi connectivity index (χ0n) is 37.6. The van der Waals surface area contributed by atoms with E-state index in [1.165, 1.54) is 167 Å². The molecular formula is C50H97NO5. The van der Waals surface area contributed by atoms with Gasteiger partial charge in [0.15, 0.2) is 0 Å². The van der Waals surface area contributed by atoms with Crippen molar-refractivity contribution < 1.29 is 24.5 Å². The fraction of sp³-hybridized carbons (Fsp3) is 0.920. The summed E-state index contributed by atoms with van der Waals surface area (Å²) in [4.78, 5) is 24.4. The van der Waals surface area contributed by atoms with E-state index in [9.17, 15) is 19.8 Å². The Labute approximate surface area is 349 Å². The highest BCUT2D eigenvalue weighted by atomic mass is 16.5. The normalized spacial score (nSPS) is 12.7. The molecule has 0 aliphatic carbocycles. The van der Waals surface area contributed by atoms with Gasteiger partial charge in [-0.1, -0.05) is 219 Å². The van der Waals surface area contributed by atoms with E-state index >= 15 is 0 Å². The highest BCUT2D eigenvalue weighted by Gasteiger charge is 2.20. The molecule has 2 atom stereocenters. The van der Waals surface area contributed by atoms with Crippen LogP contribution in [0.15, 0.2) is 12.2 Å². The van der Waals surface area contributed by atoms with Crippen molar-refractivity contribution in [3.05, 3.63) is 12.2 Å². The molecule has 0 fully saturated rings. The molecule has 0 bridgehead atoms. The van der Waals surface area contributed by atoms with Gasteiger partial charge in [-0.2, -0.15) is 0 Å². The Bertz CT molecular complexity index is 832. The first-order valence-electron chi connectivity index (χ1n) is 24.9. The minimum atomic E-state index is -0.671. The van der Waals surface area contributed by atoms with Crippen LogP contribution in [-0.4, -0.2) is 47.4 Å². The maximum absolute atomic E-state index is 12.4. The first-order chi connectivity index (χ1) is 27.5. The van der Waals surface area contributed by atoms with Gasteiger partial charge in [0.2, 0.25) is 5.91 Å². The predicted octanol–water partition coefficient (Wildman–Crippen LogP) is 14.6. The Hall–Kier alpha value is -1.40. The van der Waals surface area contributed by atoms with Crippen LogP contribution in [0.4, 0.5) is 0 Å². The summed E-state index contributed by atoms with van der Waals surface area (Å²) in [6.07, 6.45) is 51.7. The van der Waals surface area contributed by atoms with Gasteiger partial charge in [0.1, 0.15) is 0 Å². The first-order valence-corrected chi connectivity index (χ1v) is 24.9. The van der Waals surface area contributed by atoms with E-state index in [1.54, 1.807) is 0 Å². The Kier molecular flexibility index (Phi) is 45.1. The largest absolute Gasteiger partial charge is 0.466 e. The maximum atomic E-state index is 12.4. The first kappa shape index (κ1) is 54.6. The fourth-order valence-electron chi connectivity index (χ4n) is 7.69. The number of ether oxygens (including phenoxy) is 1. The number of carbonyl (C=O) groups is 2. The van der Waals surface area contributed by atoms with E-state index in [0.717, 1.165) is 70.6 Å². The number of aliphatic hydroxyl groups excluding tert-OH is 2. The Morgan fingerprint density at radius 3 is 1.27 bits per heavy atom. The number of aliphatic hydroxyl groups is 2. The summed E-state index contributed by atoms with van der Waals surface area (Å²) in [5.41, 5.74) is 0. The van der Waals surface area contributed by atoms with E-state index in [1.807, 2.05) is 0 Å². The lowest BCUT2D eigenvalue weighted by Crippen LogP contribution is -2.45. The number of amides is 1. The van der Waals surface area contributed by atoms with Crippen molar-refractivity contribution in [3.63, 3.8) is 0 Å². The molecule has 0 aromatic heterocycles. The standard InChI is InChI=1S/C50H97NO5/c1-3-5-7-9-11-13-15-22-26-30-34-38-42-48(53)47(46-52)51-49(54)43-39-35-31-27-23-20-18-17-19-21-25-29-33-37-41-45-56-50(55)44-40-36-32-28-24-16-14-12-10-8-6-4-2/h19,21,47-48,52-53H,3-18,20,22-46H2,1-2H3,(H,51,54)/b21-19-. The lowest BCUT2D eigenvalue weighted by Gasteiger charge is -2.22. The van der Waals surface area contributed by atoms with E-state index in [2.05, 4.69) is 31.3 Å². The molecule has 332 valence electrons. The summed E-state index contributed by atoms with van der Waals surface area (Å²) >= 11 is 0. The lowest BCUT2D eigenvalue weighted by molar-refractivity contribution is -0.143. The van der Waals surface area contributed by atoms with Crippen LogP contribution < -0.4 is 5.32 Å². The minimum Gasteiger partial charge on any atom is -0.466 e. The second-order valence-corrected chi connectivity index (χ2v) is 17.1. The van der Waals surface area contributed by atoms with Crippen LogP contribution in [0.25, 0.3) is 0 Å². The van der Waals surface area contributed by atoms with Gasteiger partial charge < -0.3 is 20.3 Å². The molecule has 56 heavy (non-hydrogen) atoms.